The van der Waals surface area contributed by atoms with Gasteiger partial charge >= 0.3 is 17.9 Å². The van der Waals surface area contributed by atoms with Crippen LogP contribution in [0.3, 0.4) is 0 Å². The predicted molar refractivity (Wildman–Crippen MR) is 321 cm³/mol. The minimum Gasteiger partial charge on any atom is -0.462 e. The van der Waals surface area contributed by atoms with Gasteiger partial charge in [0, 0.05) is 19.3 Å². The molecular weight excluding hydrogens is 913 g/mol. The maximum Gasteiger partial charge on any atom is 0.306 e. The number of ether oxygens (including phenoxy) is 3. The lowest BCUT2D eigenvalue weighted by molar-refractivity contribution is -0.167. The van der Waals surface area contributed by atoms with E-state index in [2.05, 4.69) is 20.8 Å². The lowest BCUT2D eigenvalue weighted by atomic mass is 10.0. The first-order valence-electron chi connectivity index (χ1n) is 34.0. The quantitative estimate of drug-likeness (QED) is 0.0343. The van der Waals surface area contributed by atoms with E-state index < -0.39 is 6.10 Å². The summed E-state index contributed by atoms with van der Waals surface area (Å²) in [6.45, 7) is 6.72. The highest BCUT2D eigenvalue weighted by molar-refractivity contribution is 5.71. The highest BCUT2D eigenvalue weighted by Crippen LogP contribution is 2.19. The summed E-state index contributed by atoms with van der Waals surface area (Å²) < 4.78 is 16.9. The average Bonchev–Trinajstić information content (AvgIpc) is 3.40. The van der Waals surface area contributed by atoms with Crippen molar-refractivity contribution in [3.8, 4) is 0 Å². The Morgan fingerprint density at radius 1 is 0.216 bits per heavy atom. The van der Waals surface area contributed by atoms with E-state index in [1.165, 1.54) is 302 Å². The standard InChI is InChI=1S/C68H132O6/c1-4-7-10-13-16-19-22-24-26-28-30-31-32-33-34-35-36-37-38-39-41-42-44-46-49-52-55-58-61-67(70)73-64-65(63-72-66(69)60-57-54-51-48-21-18-15-12-9-6-3)74-68(71)62-59-56-53-50-47-45-43-40-29-27-25-23-20-17-14-11-8-5-2/h65H,4-64H2,1-3H3. The summed E-state index contributed by atoms with van der Waals surface area (Å²) in [4.78, 5) is 38.2. The second kappa shape index (κ2) is 63.9. The normalized spacial score (nSPS) is 11.9. The molecule has 0 radical (unpaired) electrons. The van der Waals surface area contributed by atoms with Crippen LogP contribution in [0.5, 0.6) is 0 Å². The Morgan fingerprint density at radius 3 is 0.541 bits per heavy atom. The second-order valence-corrected chi connectivity index (χ2v) is 23.5. The van der Waals surface area contributed by atoms with E-state index in [1.54, 1.807) is 0 Å². The Balaban J connectivity index is 4.08. The number of rotatable bonds is 64. The van der Waals surface area contributed by atoms with Gasteiger partial charge in [0.25, 0.3) is 0 Å². The Kier molecular flexibility index (Phi) is 62.6. The first-order valence-corrected chi connectivity index (χ1v) is 34.0. The summed E-state index contributed by atoms with van der Waals surface area (Å²) in [5.41, 5.74) is 0. The lowest BCUT2D eigenvalue weighted by Gasteiger charge is -2.18. The van der Waals surface area contributed by atoms with Crippen LogP contribution in [-0.2, 0) is 28.6 Å². The van der Waals surface area contributed by atoms with Gasteiger partial charge in [-0.2, -0.15) is 0 Å². The minimum absolute atomic E-state index is 0.0607. The molecule has 0 saturated carbocycles. The maximum absolute atomic E-state index is 12.9. The van der Waals surface area contributed by atoms with E-state index in [-0.39, 0.29) is 31.1 Å². The van der Waals surface area contributed by atoms with Crippen molar-refractivity contribution in [2.45, 2.75) is 406 Å². The molecule has 0 saturated heterocycles. The Morgan fingerprint density at radius 2 is 0.365 bits per heavy atom. The topological polar surface area (TPSA) is 78.9 Å². The fourth-order valence-corrected chi connectivity index (χ4v) is 10.7. The van der Waals surface area contributed by atoms with E-state index >= 15 is 0 Å². The van der Waals surface area contributed by atoms with Gasteiger partial charge in [-0.3, -0.25) is 14.4 Å². The molecule has 6 nitrogen and oxygen atoms in total. The molecule has 440 valence electrons. The second-order valence-electron chi connectivity index (χ2n) is 23.5. The average molecular weight is 1050 g/mol. The van der Waals surface area contributed by atoms with Crippen LogP contribution in [0.25, 0.3) is 0 Å². The molecule has 6 heteroatoms. The first kappa shape index (κ1) is 72.4. The van der Waals surface area contributed by atoms with Crippen LogP contribution in [0.4, 0.5) is 0 Å². The van der Waals surface area contributed by atoms with Crippen LogP contribution in [-0.4, -0.2) is 37.2 Å². The van der Waals surface area contributed by atoms with E-state index in [0.717, 1.165) is 57.8 Å². The summed E-state index contributed by atoms with van der Waals surface area (Å²) >= 11 is 0. The molecule has 0 heterocycles. The fraction of sp³-hybridized carbons (Fsp3) is 0.956. The van der Waals surface area contributed by atoms with Gasteiger partial charge < -0.3 is 14.2 Å². The van der Waals surface area contributed by atoms with Gasteiger partial charge in [0.2, 0.25) is 0 Å². The van der Waals surface area contributed by atoms with Crippen LogP contribution in [0.15, 0.2) is 0 Å². The molecule has 74 heavy (non-hydrogen) atoms. The molecule has 0 aliphatic carbocycles. The molecule has 0 fully saturated rings. The number of hydrogen-bond donors (Lipinski definition) is 0. The first-order chi connectivity index (χ1) is 36.5. The summed E-state index contributed by atoms with van der Waals surface area (Å²) in [7, 11) is 0. The van der Waals surface area contributed by atoms with E-state index in [0.29, 0.717) is 19.3 Å². The number of carbonyl (C=O) groups excluding carboxylic acids is 3. The highest BCUT2D eigenvalue weighted by atomic mass is 16.6. The van der Waals surface area contributed by atoms with Crippen LogP contribution in [0.2, 0.25) is 0 Å². The molecule has 0 aromatic rings. The molecule has 0 aliphatic heterocycles. The van der Waals surface area contributed by atoms with Crippen molar-refractivity contribution in [1.82, 2.24) is 0 Å². The molecule has 0 aromatic heterocycles. The van der Waals surface area contributed by atoms with Crippen LogP contribution in [0, 0.1) is 0 Å². The van der Waals surface area contributed by atoms with Crippen molar-refractivity contribution in [3.63, 3.8) is 0 Å². The molecule has 1 atom stereocenters. The van der Waals surface area contributed by atoms with Crippen LogP contribution < -0.4 is 0 Å². The number of hydrogen-bond acceptors (Lipinski definition) is 6. The van der Waals surface area contributed by atoms with Gasteiger partial charge in [0.05, 0.1) is 0 Å². The number of unbranched alkanes of at least 4 members (excludes halogenated alkanes) is 53. The molecule has 0 amide bonds. The third kappa shape index (κ3) is 61.3. The summed E-state index contributed by atoms with van der Waals surface area (Å²) in [6.07, 6.45) is 74.3. The van der Waals surface area contributed by atoms with Crippen molar-refractivity contribution < 1.29 is 28.6 Å². The highest BCUT2D eigenvalue weighted by Gasteiger charge is 2.19. The fourth-order valence-electron chi connectivity index (χ4n) is 10.7. The molecular formula is C68H132O6. The van der Waals surface area contributed by atoms with Gasteiger partial charge in [-0.05, 0) is 19.3 Å². The monoisotopic (exact) mass is 1050 g/mol. The zero-order chi connectivity index (χ0) is 53.6. The van der Waals surface area contributed by atoms with Crippen LogP contribution in [0.1, 0.15) is 400 Å². The summed E-state index contributed by atoms with van der Waals surface area (Å²) in [5, 5.41) is 0. The molecule has 0 bridgehead atoms. The van der Waals surface area contributed by atoms with Gasteiger partial charge in [-0.15, -0.1) is 0 Å². The maximum atomic E-state index is 12.9. The molecule has 0 spiro atoms. The van der Waals surface area contributed by atoms with Crippen molar-refractivity contribution in [3.05, 3.63) is 0 Å². The molecule has 0 aliphatic rings. The van der Waals surface area contributed by atoms with Crippen molar-refractivity contribution >= 4 is 17.9 Å². The largest absolute Gasteiger partial charge is 0.462 e. The number of esters is 3. The lowest BCUT2D eigenvalue weighted by Crippen LogP contribution is -2.30. The Labute approximate surface area is 463 Å². The van der Waals surface area contributed by atoms with Crippen molar-refractivity contribution in [1.29, 1.82) is 0 Å². The van der Waals surface area contributed by atoms with Gasteiger partial charge in [-0.1, -0.05) is 361 Å². The molecule has 1 unspecified atom stereocenters. The van der Waals surface area contributed by atoms with Crippen molar-refractivity contribution in [2.75, 3.05) is 13.2 Å². The molecule has 0 rings (SSSR count). The zero-order valence-electron chi connectivity index (χ0n) is 50.7. The van der Waals surface area contributed by atoms with Gasteiger partial charge in [-0.25, -0.2) is 0 Å². The van der Waals surface area contributed by atoms with Gasteiger partial charge in [0.15, 0.2) is 6.10 Å². The van der Waals surface area contributed by atoms with Crippen molar-refractivity contribution in [2.24, 2.45) is 0 Å². The Bertz CT molecular complexity index is 1110. The molecule has 0 N–H and O–H groups in total. The SMILES string of the molecule is CCCCCCCCCCCCCCCCCCCCCCCCCCCCCCC(=O)OCC(COC(=O)CCCCCCCCCCCC)OC(=O)CCCCCCCCCCCCCCCCCCCC. The van der Waals surface area contributed by atoms with E-state index in [9.17, 15) is 14.4 Å². The Hall–Kier alpha value is -1.59. The summed E-state index contributed by atoms with van der Waals surface area (Å²) in [5.74, 6) is -0.827. The third-order valence-electron chi connectivity index (χ3n) is 15.9. The smallest absolute Gasteiger partial charge is 0.306 e. The minimum atomic E-state index is -0.762. The van der Waals surface area contributed by atoms with Gasteiger partial charge in [0.1, 0.15) is 13.2 Å². The number of carbonyl (C=O) groups is 3. The predicted octanol–water partition coefficient (Wildman–Crippen LogP) is 23.1. The zero-order valence-corrected chi connectivity index (χ0v) is 50.7. The third-order valence-corrected chi connectivity index (χ3v) is 15.9. The molecule has 0 aromatic carbocycles. The van der Waals surface area contributed by atoms with E-state index in [1.807, 2.05) is 0 Å². The summed E-state index contributed by atoms with van der Waals surface area (Å²) in [6, 6.07) is 0. The van der Waals surface area contributed by atoms with E-state index in [4.69, 9.17) is 14.2 Å². The van der Waals surface area contributed by atoms with Crippen LogP contribution >= 0.6 is 0 Å².